The van der Waals surface area contributed by atoms with E-state index < -0.39 is 0 Å². The Kier molecular flexibility index (Phi) is 6.06. The fourth-order valence-corrected chi connectivity index (χ4v) is 4.31. The molecule has 0 radical (unpaired) electrons. The lowest BCUT2D eigenvalue weighted by atomic mass is 9.95. The van der Waals surface area contributed by atoms with Crippen molar-refractivity contribution in [1.82, 2.24) is 25.1 Å². The summed E-state index contributed by atoms with van der Waals surface area (Å²) in [4.78, 5) is 14.5. The van der Waals surface area contributed by atoms with Gasteiger partial charge in [0, 0.05) is 37.3 Å². The number of benzene rings is 2. The maximum atomic E-state index is 6.08. The third-order valence-corrected chi connectivity index (χ3v) is 6.31. The van der Waals surface area contributed by atoms with Gasteiger partial charge < -0.3 is 19.3 Å². The van der Waals surface area contributed by atoms with Gasteiger partial charge in [-0.1, -0.05) is 6.07 Å². The van der Waals surface area contributed by atoms with Gasteiger partial charge in [0.2, 0.25) is 0 Å². The molecule has 0 saturated carbocycles. The zero-order valence-electron chi connectivity index (χ0n) is 20.1. The standard InChI is InChI=1S/C26H30N6O2/c1-31(2)9-10-32(3)26-22-13-17(20-14-27-28-15-20)5-7-23(22)29-25(30-26)19-11-18-12-21(33-4)6-8-24(18)34-16-19/h5-8,12-15,19H,9-11,16H2,1-4H3,(H,27,28). The number of fused-ring (bicyclic) bond motifs is 2. The topological polar surface area (TPSA) is 79.4 Å². The Balaban J connectivity index is 1.55. The molecular formula is C26H30N6O2. The molecule has 1 unspecified atom stereocenters. The van der Waals surface area contributed by atoms with Crippen LogP contribution in [0.5, 0.6) is 11.5 Å². The quantitative estimate of drug-likeness (QED) is 0.452. The molecule has 0 amide bonds. The lowest BCUT2D eigenvalue weighted by Crippen LogP contribution is -2.30. The van der Waals surface area contributed by atoms with E-state index in [-0.39, 0.29) is 5.92 Å². The average Bonchev–Trinajstić information content (AvgIpc) is 3.40. The minimum atomic E-state index is 0.0681. The summed E-state index contributed by atoms with van der Waals surface area (Å²) in [6.45, 7) is 2.34. The molecule has 1 N–H and O–H groups in total. The van der Waals surface area contributed by atoms with Gasteiger partial charge in [0.25, 0.3) is 0 Å². The van der Waals surface area contributed by atoms with E-state index in [0.29, 0.717) is 6.61 Å². The van der Waals surface area contributed by atoms with Crippen LogP contribution < -0.4 is 14.4 Å². The van der Waals surface area contributed by atoms with Crippen molar-refractivity contribution in [3.8, 4) is 22.6 Å². The summed E-state index contributed by atoms with van der Waals surface area (Å²) >= 11 is 0. The first-order chi connectivity index (χ1) is 16.5. The van der Waals surface area contributed by atoms with Crippen LogP contribution >= 0.6 is 0 Å². The number of methoxy groups -OCH3 is 1. The van der Waals surface area contributed by atoms with Gasteiger partial charge in [0.05, 0.1) is 31.3 Å². The smallest absolute Gasteiger partial charge is 0.140 e. The van der Waals surface area contributed by atoms with E-state index in [9.17, 15) is 0 Å². The number of nitrogens with zero attached hydrogens (tertiary/aromatic N) is 5. The summed E-state index contributed by atoms with van der Waals surface area (Å²) in [5.74, 6) is 3.55. The molecule has 0 saturated heterocycles. The Hall–Kier alpha value is -3.65. The SMILES string of the molecule is COc1ccc2c(c1)CC(c1nc(N(C)CCN(C)C)c3cc(-c4cn[nH]c4)ccc3n1)CO2. The van der Waals surface area contributed by atoms with Crippen LogP contribution in [0.1, 0.15) is 17.3 Å². The summed E-state index contributed by atoms with van der Waals surface area (Å²) < 4.78 is 11.5. The lowest BCUT2D eigenvalue weighted by molar-refractivity contribution is 0.257. The van der Waals surface area contributed by atoms with Gasteiger partial charge in [0.15, 0.2) is 0 Å². The predicted octanol–water partition coefficient (Wildman–Crippen LogP) is 3.75. The number of anilines is 1. The van der Waals surface area contributed by atoms with Crippen LogP contribution in [0, 0.1) is 0 Å². The molecular weight excluding hydrogens is 428 g/mol. The van der Waals surface area contributed by atoms with Gasteiger partial charge in [0.1, 0.15) is 23.1 Å². The highest BCUT2D eigenvalue weighted by atomic mass is 16.5. The second kappa shape index (κ2) is 9.30. The number of nitrogens with one attached hydrogen (secondary N) is 1. The molecule has 2 aromatic heterocycles. The van der Waals surface area contributed by atoms with Crippen molar-refractivity contribution >= 4 is 16.7 Å². The van der Waals surface area contributed by atoms with Crippen molar-refractivity contribution in [2.75, 3.05) is 52.8 Å². The molecule has 176 valence electrons. The number of likely N-dealkylation sites (N-methyl/N-ethyl adjacent to an activating group) is 2. The molecule has 8 nitrogen and oxygen atoms in total. The Bertz CT molecular complexity index is 1290. The molecule has 0 fully saturated rings. The molecule has 8 heteroatoms. The first-order valence-corrected chi connectivity index (χ1v) is 11.5. The highest BCUT2D eigenvalue weighted by Crippen LogP contribution is 2.36. The molecule has 0 bridgehead atoms. The van der Waals surface area contributed by atoms with E-state index >= 15 is 0 Å². The Morgan fingerprint density at radius 3 is 2.71 bits per heavy atom. The van der Waals surface area contributed by atoms with E-state index in [1.165, 1.54) is 0 Å². The second-order valence-electron chi connectivity index (χ2n) is 9.03. The van der Waals surface area contributed by atoms with Gasteiger partial charge in [-0.3, -0.25) is 5.10 Å². The van der Waals surface area contributed by atoms with E-state index in [1.807, 2.05) is 30.6 Å². The monoisotopic (exact) mass is 458 g/mol. The van der Waals surface area contributed by atoms with Gasteiger partial charge in [-0.25, -0.2) is 9.97 Å². The van der Waals surface area contributed by atoms with Crippen LogP contribution in [0.4, 0.5) is 5.82 Å². The largest absolute Gasteiger partial charge is 0.497 e. The van der Waals surface area contributed by atoms with Crippen LogP contribution in [-0.2, 0) is 6.42 Å². The molecule has 3 heterocycles. The molecule has 5 rings (SSSR count). The van der Waals surface area contributed by atoms with Crippen LogP contribution in [0.2, 0.25) is 0 Å². The number of ether oxygens (including phenoxy) is 2. The van der Waals surface area contributed by atoms with Crippen molar-refractivity contribution < 1.29 is 9.47 Å². The average molecular weight is 459 g/mol. The molecule has 0 aliphatic carbocycles. The normalized spacial score (nSPS) is 15.3. The number of aromatic amines is 1. The van der Waals surface area contributed by atoms with Crippen molar-refractivity contribution in [2.24, 2.45) is 0 Å². The van der Waals surface area contributed by atoms with Crippen LogP contribution in [0.25, 0.3) is 22.0 Å². The molecule has 1 aliphatic heterocycles. The summed E-state index contributed by atoms with van der Waals surface area (Å²) in [7, 11) is 7.94. The summed E-state index contributed by atoms with van der Waals surface area (Å²) in [6.07, 6.45) is 4.54. The minimum Gasteiger partial charge on any atom is -0.497 e. The fraction of sp³-hybridized carbons (Fsp3) is 0.346. The number of aromatic nitrogens is 4. The van der Waals surface area contributed by atoms with Crippen LogP contribution in [0.3, 0.4) is 0 Å². The van der Waals surface area contributed by atoms with E-state index in [2.05, 4.69) is 59.3 Å². The number of rotatable bonds is 7. The summed E-state index contributed by atoms with van der Waals surface area (Å²) in [5.41, 5.74) is 4.18. The van der Waals surface area contributed by atoms with Gasteiger partial charge >= 0.3 is 0 Å². The first kappa shape index (κ1) is 22.2. The highest BCUT2D eigenvalue weighted by Gasteiger charge is 2.26. The zero-order chi connectivity index (χ0) is 23.7. The van der Waals surface area contributed by atoms with E-state index in [0.717, 1.165) is 70.2 Å². The zero-order valence-corrected chi connectivity index (χ0v) is 20.1. The maximum Gasteiger partial charge on any atom is 0.140 e. The van der Waals surface area contributed by atoms with E-state index in [4.69, 9.17) is 19.4 Å². The predicted molar refractivity (Wildman–Crippen MR) is 134 cm³/mol. The first-order valence-electron chi connectivity index (χ1n) is 11.5. The number of hydrogen-bond donors (Lipinski definition) is 1. The minimum absolute atomic E-state index is 0.0681. The van der Waals surface area contributed by atoms with Crippen molar-refractivity contribution in [2.45, 2.75) is 12.3 Å². The molecule has 4 aromatic rings. The molecule has 2 aromatic carbocycles. The van der Waals surface area contributed by atoms with E-state index in [1.54, 1.807) is 7.11 Å². The van der Waals surface area contributed by atoms with Crippen LogP contribution in [-0.4, -0.2) is 73.0 Å². The van der Waals surface area contributed by atoms with Crippen molar-refractivity contribution in [3.63, 3.8) is 0 Å². The van der Waals surface area contributed by atoms with Crippen molar-refractivity contribution in [3.05, 3.63) is 60.2 Å². The van der Waals surface area contributed by atoms with Gasteiger partial charge in [-0.15, -0.1) is 0 Å². The molecule has 0 spiro atoms. The van der Waals surface area contributed by atoms with Crippen molar-refractivity contribution in [1.29, 1.82) is 0 Å². The Labute approximate surface area is 199 Å². The Morgan fingerprint density at radius 2 is 1.94 bits per heavy atom. The Morgan fingerprint density at radius 1 is 1.06 bits per heavy atom. The fourth-order valence-electron chi connectivity index (χ4n) is 4.31. The summed E-state index contributed by atoms with van der Waals surface area (Å²) in [6, 6.07) is 12.3. The maximum absolute atomic E-state index is 6.08. The number of H-pyrrole nitrogens is 1. The summed E-state index contributed by atoms with van der Waals surface area (Å²) in [5, 5.41) is 8.02. The van der Waals surface area contributed by atoms with Crippen LogP contribution in [0.15, 0.2) is 48.8 Å². The molecule has 34 heavy (non-hydrogen) atoms. The van der Waals surface area contributed by atoms with Gasteiger partial charge in [-0.05, 0) is 62.0 Å². The number of hydrogen-bond acceptors (Lipinski definition) is 7. The van der Waals surface area contributed by atoms with Gasteiger partial charge in [-0.2, -0.15) is 5.10 Å². The lowest BCUT2D eigenvalue weighted by Gasteiger charge is -2.27. The highest BCUT2D eigenvalue weighted by molar-refractivity contribution is 5.93. The second-order valence-corrected chi connectivity index (χ2v) is 9.03. The third kappa shape index (κ3) is 4.41. The molecule has 1 aliphatic rings. The molecule has 1 atom stereocenters. The third-order valence-electron chi connectivity index (χ3n) is 6.31.